The van der Waals surface area contributed by atoms with Crippen molar-refractivity contribution >= 4 is 0 Å². The first-order valence-electron chi connectivity index (χ1n) is 6.66. The first-order valence-corrected chi connectivity index (χ1v) is 6.66. The minimum atomic E-state index is 0.0739. The van der Waals surface area contributed by atoms with E-state index in [0.717, 1.165) is 17.7 Å². The molecule has 0 aliphatic carbocycles. The fourth-order valence-electron chi connectivity index (χ4n) is 2.06. The minimum Gasteiger partial charge on any atom is -0.493 e. The molecule has 0 saturated carbocycles. The van der Waals surface area contributed by atoms with Crippen molar-refractivity contribution < 1.29 is 14.2 Å². The quantitative estimate of drug-likeness (QED) is 0.825. The molecule has 0 aliphatic rings. The number of methoxy groups -OCH3 is 2. The van der Waals surface area contributed by atoms with Crippen LogP contribution in [-0.2, 0) is 0 Å². The lowest BCUT2D eigenvalue weighted by atomic mass is 9.96. The molecule has 4 nitrogen and oxygen atoms in total. The largest absolute Gasteiger partial charge is 0.493 e. The van der Waals surface area contributed by atoms with Gasteiger partial charge in [0.05, 0.1) is 20.3 Å². The lowest BCUT2D eigenvalue weighted by Crippen LogP contribution is -2.12. The maximum atomic E-state index is 5.93. The molecular formula is C15H25NO3. The molecule has 1 unspecified atom stereocenters. The van der Waals surface area contributed by atoms with Crippen LogP contribution in [0.25, 0.3) is 0 Å². The molecule has 4 heteroatoms. The highest BCUT2D eigenvalue weighted by atomic mass is 16.5. The van der Waals surface area contributed by atoms with Gasteiger partial charge in [0, 0.05) is 5.56 Å². The van der Waals surface area contributed by atoms with Gasteiger partial charge in [-0.05, 0) is 38.8 Å². The molecule has 1 aromatic rings. The summed E-state index contributed by atoms with van der Waals surface area (Å²) < 4.78 is 16.7. The summed E-state index contributed by atoms with van der Waals surface area (Å²) in [7, 11) is 3.25. The molecule has 0 aliphatic heterocycles. The second-order valence-corrected chi connectivity index (χ2v) is 4.86. The fraction of sp³-hybridized carbons (Fsp3) is 0.600. The van der Waals surface area contributed by atoms with Gasteiger partial charge < -0.3 is 19.9 Å². The minimum absolute atomic E-state index is 0.0739. The van der Waals surface area contributed by atoms with Crippen LogP contribution in [0.15, 0.2) is 12.1 Å². The van der Waals surface area contributed by atoms with E-state index in [-0.39, 0.29) is 6.10 Å². The van der Waals surface area contributed by atoms with Crippen LogP contribution in [0.5, 0.6) is 17.2 Å². The van der Waals surface area contributed by atoms with Crippen molar-refractivity contribution in [3.63, 3.8) is 0 Å². The summed E-state index contributed by atoms with van der Waals surface area (Å²) in [4.78, 5) is 0. The molecule has 108 valence electrons. The lowest BCUT2D eigenvalue weighted by Gasteiger charge is -2.22. The second-order valence-electron chi connectivity index (χ2n) is 4.86. The number of rotatable bonds is 7. The molecular weight excluding hydrogens is 242 g/mol. The average molecular weight is 267 g/mol. The van der Waals surface area contributed by atoms with Crippen LogP contribution in [0.3, 0.4) is 0 Å². The first kappa shape index (κ1) is 15.6. The molecule has 0 fully saturated rings. The Bertz CT molecular complexity index is 405. The Morgan fingerprint density at radius 1 is 1.05 bits per heavy atom. The van der Waals surface area contributed by atoms with E-state index in [2.05, 4.69) is 6.92 Å². The third-order valence-corrected chi connectivity index (χ3v) is 3.01. The maximum absolute atomic E-state index is 5.93. The molecule has 0 heterocycles. The van der Waals surface area contributed by atoms with Gasteiger partial charge in [-0.15, -0.1) is 0 Å². The van der Waals surface area contributed by atoms with E-state index >= 15 is 0 Å². The number of ether oxygens (including phenoxy) is 3. The van der Waals surface area contributed by atoms with Crippen LogP contribution < -0.4 is 19.9 Å². The van der Waals surface area contributed by atoms with Crippen molar-refractivity contribution in [2.45, 2.75) is 39.2 Å². The van der Waals surface area contributed by atoms with Crippen molar-refractivity contribution in [2.24, 2.45) is 5.73 Å². The zero-order valence-corrected chi connectivity index (χ0v) is 12.5. The van der Waals surface area contributed by atoms with Crippen molar-refractivity contribution in [3.8, 4) is 17.2 Å². The lowest BCUT2D eigenvalue weighted by molar-refractivity contribution is 0.223. The molecule has 0 saturated heterocycles. The zero-order valence-electron chi connectivity index (χ0n) is 12.5. The highest BCUT2D eigenvalue weighted by Crippen LogP contribution is 2.43. The highest BCUT2D eigenvalue weighted by Gasteiger charge is 2.20. The third kappa shape index (κ3) is 3.77. The standard InChI is InChI=1S/C15H25NO3/c1-10(2)19-14-12(11(3)8-9-16)6-7-13(17-4)15(14)18-5/h6-7,10-11H,8-9,16H2,1-5H3. The monoisotopic (exact) mass is 267 g/mol. The second kappa shape index (κ2) is 7.24. The van der Waals surface area contributed by atoms with Crippen LogP contribution in [0.1, 0.15) is 38.7 Å². The Kier molecular flexibility index (Phi) is 5.96. The van der Waals surface area contributed by atoms with E-state index in [1.165, 1.54) is 0 Å². The van der Waals surface area contributed by atoms with Crippen molar-refractivity contribution in [1.82, 2.24) is 0 Å². The Morgan fingerprint density at radius 3 is 2.21 bits per heavy atom. The van der Waals surface area contributed by atoms with E-state index in [4.69, 9.17) is 19.9 Å². The van der Waals surface area contributed by atoms with E-state index in [0.29, 0.717) is 24.0 Å². The Morgan fingerprint density at radius 2 is 1.74 bits per heavy atom. The first-order chi connectivity index (χ1) is 9.04. The Hall–Kier alpha value is -1.42. The average Bonchev–Trinajstić information content (AvgIpc) is 2.37. The van der Waals surface area contributed by atoms with Gasteiger partial charge in [0.2, 0.25) is 5.75 Å². The van der Waals surface area contributed by atoms with E-state index in [1.54, 1.807) is 14.2 Å². The van der Waals surface area contributed by atoms with Crippen molar-refractivity contribution in [1.29, 1.82) is 0 Å². The van der Waals surface area contributed by atoms with Crippen molar-refractivity contribution in [3.05, 3.63) is 17.7 Å². The predicted octanol–water partition coefficient (Wildman–Crippen LogP) is 2.94. The summed E-state index contributed by atoms with van der Waals surface area (Å²) in [6, 6.07) is 3.94. The predicted molar refractivity (Wildman–Crippen MR) is 77.4 cm³/mol. The van der Waals surface area contributed by atoms with E-state index in [1.807, 2.05) is 26.0 Å². The molecule has 19 heavy (non-hydrogen) atoms. The Labute approximate surface area is 115 Å². The van der Waals surface area contributed by atoms with Crippen LogP contribution in [-0.4, -0.2) is 26.9 Å². The van der Waals surface area contributed by atoms with E-state index in [9.17, 15) is 0 Å². The summed E-state index contributed by atoms with van der Waals surface area (Å²) in [5.41, 5.74) is 6.76. The summed E-state index contributed by atoms with van der Waals surface area (Å²) in [6.07, 6.45) is 0.981. The van der Waals surface area contributed by atoms with Gasteiger partial charge in [0.25, 0.3) is 0 Å². The summed E-state index contributed by atoms with van der Waals surface area (Å²) in [5, 5.41) is 0. The van der Waals surface area contributed by atoms with Gasteiger partial charge in [-0.3, -0.25) is 0 Å². The zero-order chi connectivity index (χ0) is 14.4. The number of benzene rings is 1. The van der Waals surface area contributed by atoms with Crippen molar-refractivity contribution in [2.75, 3.05) is 20.8 Å². The normalized spacial score (nSPS) is 12.4. The summed E-state index contributed by atoms with van der Waals surface area (Å²) >= 11 is 0. The molecule has 1 rings (SSSR count). The van der Waals surface area contributed by atoms with Gasteiger partial charge in [0.15, 0.2) is 11.5 Å². The molecule has 1 atom stereocenters. The van der Waals surface area contributed by atoms with E-state index < -0.39 is 0 Å². The van der Waals surface area contributed by atoms with Gasteiger partial charge in [-0.1, -0.05) is 13.0 Å². The molecule has 0 amide bonds. The maximum Gasteiger partial charge on any atom is 0.203 e. The van der Waals surface area contributed by atoms with Crippen LogP contribution in [0.2, 0.25) is 0 Å². The van der Waals surface area contributed by atoms with Crippen LogP contribution >= 0.6 is 0 Å². The number of nitrogens with two attached hydrogens (primary N) is 1. The molecule has 2 N–H and O–H groups in total. The molecule has 0 spiro atoms. The van der Waals surface area contributed by atoms with Crippen LogP contribution in [0, 0.1) is 0 Å². The summed E-state index contributed by atoms with van der Waals surface area (Å²) in [5.74, 6) is 2.41. The van der Waals surface area contributed by atoms with Gasteiger partial charge in [-0.25, -0.2) is 0 Å². The molecule has 0 radical (unpaired) electrons. The van der Waals surface area contributed by atoms with Gasteiger partial charge >= 0.3 is 0 Å². The molecule has 0 aromatic heterocycles. The fourth-order valence-corrected chi connectivity index (χ4v) is 2.06. The molecule has 1 aromatic carbocycles. The van der Waals surface area contributed by atoms with Gasteiger partial charge in [0.1, 0.15) is 0 Å². The highest BCUT2D eigenvalue weighted by molar-refractivity contribution is 5.56. The molecule has 0 bridgehead atoms. The number of hydrogen-bond acceptors (Lipinski definition) is 4. The smallest absolute Gasteiger partial charge is 0.203 e. The SMILES string of the molecule is COc1ccc(C(C)CCN)c(OC(C)C)c1OC. The Balaban J connectivity index is 3.28. The summed E-state index contributed by atoms with van der Waals surface area (Å²) in [6.45, 7) is 6.78. The number of hydrogen-bond donors (Lipinski definition) is 1. The van der Waals surface area contributed by atoms with Crippen LogP contribution in [0.4, 0.5) is 0 Å². The van der Waals surface area contributed by atoms with Gasteiger partial charge in [-0.2, -0.15) is 0 Å². The third-order valence-electron chi connectivity index (χ3n) is 3.01. The topological polar surface area (TPSA) is 53.7 Å².